The Morgan fingerprint density at radius 3 is 1.17 bits per heavy atom. The molecule has 0 aliphatic rings. The Labute approximate surface area is 82.7 Å². The predicted molar refractivity (Wildman–Crippen MR) is 31.0 cm³/mol. The van der Waals surface area contributed by atoms with Gasteiger partial charge in [-0.25, -0.2) is 0 Å². The summed E-state index contributed by atoms with van der Waals surface area (Å²) in [5.74, 6) is 0. The number of halogens is 6. The molecule has 0 aliphatic carbocycles. The van der Waals surface area contributed by atoms with Gasteiger partial charge in [0, 0.05) is 10.7 Å². The van der Waals surface area contributed by atoms with E-state index in [0.717, 1.165) is 0 Å². The van der Waals surface area contributed by atoms with Crippen molar-refractivity contribution < 1.29 is 54.2 Å². The van der Waals surface area contributed by atoms with E-state index >= 15 is 0 Å². The standard InChI is InChI=1S/ClHO3S.F5P.Li.H/c1-5(2,3)4;1-6(2,3,4)5;;/h(H,2,3,4);;;/q;;+1;-1. The Kier molecular flexibility index (Phi) is 7.66. The van der Waals surface area contributed by atoms with E-state index in [0.29, 0.717) is 0 Å². The van der Waals surface area contributed by atoms with Crippen molar-refractivity contribution in [3.05, 3.63) is 0 Å². The topological polar surface area (TPSA) is 54.4 Å². The molecule has 3 nitrogen and oxygen atoms in total. The van der Waals surface area contributed by atoms with Crippen LogP contribution in [-0.4, -0.2) is 13.0 Å². The van der Waals surface area contributed by atoms with Crippen LogP contribution in [0.3, 0.4) is 0 Å². The summed E-state index contributed by atoms with van der Waals surface area (Å²) in [6.45, 7) is 0. The van der Waals surface area contributed by atoms with Gasteiger partial charge >= 0.3 is 57.3 Å². The van der Waals surface area contributed by atoms with Crippen molar-refractivity contribution in [1.29, 1.82) is 0 Å². The third-order valence-electron chi connectivity index (χ3n) is 0. The zero-order valence-corrected chi connectivity index (χ0v) is 7.85. The third-order valence-corrected chi connectivity index (χ3v) is 0. The summed E-state index contributed by atoms with van der Waals surface area (Å²) in [6, 6.07) is 0. The summed E-state index contributed by atoms with van der Waals surface area (Å²) in [7, 11) is -8.69. The van der Waals surface area contributed by atoms with Gasteiger partial charge in [0.15, 0.2) is 0 Å². The van der Waals surface area contributed by atoms with Crippen LogP contribution in [-0.2, 0) is 9.33 Å². The molecular formula is H2ClF5LiO3PS. The first-order chi connectivity index (χ1) is 4.24. The van der Waals surface area contributed by atoms with E-state index in [2.05, 4.69) is 10.7 Å². The largest absolute Gasteiger partial charge is 1.00 e. The third kappa shape index (κ3) is 1380. The monoisotopic (exact) mass is 250 g/mol. The summed E-state index contributed by atoms with van der Waals surface area (Å²) < 4.78 is 74.4. The van der Waals surface area contributed by atoms with E-state index in [1.807, 2.05) is 0 Å². The van der Waals surface area contributed by atoms with Crippen LogP contribution in [0.5, 0.6) is 0 Å². The minimum absolute atomic E-state index is 0. The van der Waals surface area contributed by atoms with Crippen molar-refractivity contribution in [3.63, 3.8) is 0 Å². The first-order valence-electron chi connectivity index (χ1n) is 1.52. The Bertz CT molecular complexity index is 197. The SMILES string of the molecule is FP(F)(F)(F)F.O=S(=O)(O)Cl.[H-].[Li+]. The van der Waals surface area contributed by atoms with Crippen LogP contribution in [0.15, 0.2) is 0 Å². The Morgan fingerprint density at radius 1 is 1.17 bits per heavy atom. The Morgan fingerprint density at radius 2 is 1.17 bits per heavy atom. The van der Waals surface area contributed by atoms with Gasteiger partial charge in [0.25, 0.3) is 0 Å². The van der Waals surface area contributed by atoms with Crippen LogP contribution in [0.2, 0.25) is 0 Å². The van der Waals surface area contributed by atoms with Crippen molar-refractivity contribution in [2.24, 2.45) is 0 Å². The quantitative estimate of drug-likeness (QED) is 0.218. The fraction of sp³-hybridized carbons (Fsp3) is 0. The molecule has 0 fully saturated rings. The van der Waals surface area contributed by atoms with Crippen LogP contribution >= 0.6 is 18.8 Å². The summed E-state index contributed by atoms with van der Waals surface area (Å²) in [6.07, 6.45) is 0. The Hall–Kier alpha value is 0.877. The van der Waals surface area contributed by atoms with Gasteiger partial charge in [0.05, 0.1) is 0 Å². The van der Waals surface area contributed by atoms with E-state index in [4.69, 9.17) is 13.0 Å². The van der Waals surface area contributed by atoms with E-state index in [-0.39, 0.29) is 20.3 Å². The molecule has 0 saturated heterocycles. The van der Waals surface area contributed by atoms with Crippen LogP contribution in [0.25, 0.3) is 0 Å². The zero-order chi connectivity index (χ0) is 9.95. The molecule has 0 atom stereocenters. The molecule has 0 spiro atoms. The molecule has 0 unspecified atom stereocenters. The van der Waals surface area contributed by atoms with Gasteiger partial charge in [-0.3, -0.25) is 4.55 Å². The van der Waals surface area contributed by atoms with E-state index in [1.54, 1.807) is 0 Å². The fourth-order valence-corrected chi connectivity index (χ4v) is 0. The van der Waals surface area contributed by atoms with Crippen molar-refractivity contribution in [3.8, 4) is 0 Å². The van der Waals surface area contributed by atoms with Crippen molar-refractivity contribution >= 4 is 28.2 Å². The molecule has 0 bridgehead atoms. The molecule has 0 aromatic carbocycles. The second-order valence-electron chi connectivity index (χ2n) is 1.05. The van der Waals surface area contributed by atoms with Crippen LogP contribution in [0.1, 0.15) is 1.43 Å². The first kappa shape index (κ1) is 18.6. The van der Waals surface area contributed by atoms with Gasteiger partial charge in [0.1, 0.15) is 0 Å². The summed E-state index contributed by atoms with van der Waals surface area (Å²) in [5.41, 5.74) is 0. The molecular weight excluding hydrogens is 248 g/mol. The second-order valence-corrected chi connectivity index (χ2v) is 4.32. The Balaban J connectivity index is -0.0000000546. The summed E-state index contributed by atoms with van der Waals surface area (Å²) >= 11 is 0. The molecule has 0 aromatic heterocycles. The van der Waals surface area contributed by atoms with Crippen molar-refractivity contribution in [2.45, 2.75) is 0 Å². The minimum Gasteiger partial charge on any atom is -1.00 e. The number of hydrogen-bond donors (Lipinski definition) is 1. The summed E-state index contributed by atoms with van der Waals surface area (Å²) in [4.78, 5) is 0. The molecule has 0 radical (unpaired) electrons. The van der Waals surface area contributed by atoms with Crippen LogP contribution < -0.4 is 18.9 Å². The molecule has 0 rings (SSSR count). The second kappa shape index (κ2) is 4.93. The van der Waals surface area contributed by atoms with Crippen molar-refractivity contribution in [1.82, 2.24) is 0 Å². The van der Waals surface area contributed by atoms with Gasteiger partial charge in [-0.15, -0.1) is 0 Å². The van der Waals surface area contributed by atoms with E-state index in [9.17, 15) is 21.0 Å². The smallest absolute Gasteiger partial charge is 1.00 e. The zero-order valence-electron chi connectivity index (χ0n) is 6.39. The average molecular weight is 250 g/mol. The molecule has 12 heteroatoms. The maximum absolute atomic E-state index is 9.84. The minimum atomic E-state index is -8.55. The predicted octanol–water partition coefficient (Wildman–Crippen LogP) is 0.107. The maximum Gasteiger partial charge on any atom is 1.00 e. The fourth-order valence-electron chi connectivity index (χ4n) is 0. The average Bonchev–Trinajstić information content (AvgIpc) is 1.07. The molecule has 1 N–H and O–H groups in total. The number of rotatable bonds is 0. The molecule has 12 heavy (non-hydrogen) atoms. The van der Waals surface area contributed by atoms with Gasteiger partial charge in [-0.1, -0.05) is 0 Å². The molecule has 0 aliphatic heterocycles. The normalized spacial score (nSPS) is 14.4. The molecule has 0 aromatic rings. The van der Waals surface area contributed by atoms with Crippen LogP contribution in [0.4, 0.5) is 21.0 Å². The van der Waals surface area contributed by atoms with Gasteiger partial charge in [0.2, 0.25) is 0 Å². The molecule has 74 valence electrons. The van der Waals surface area contributed by atoms with Gasteiger partial charge < -0.3 is 1.43 Å². The molecule has 0 heterocycles. The van der Waals surface area contributed by atoms with Gasteiger partial charge in [-0.2, -0.15) is 8.42 Å². The van der Waals surface area contributed by atoms with Crippen LogP contribution in [0, 0.1) is 0 Å². The van der Waals surface area contributed by atoms with E-state index in [1.165, 1.54) is 0 Å². The van der Waals surface area contributed by atoms with Gasteiger partial charge in [-0.05, 0) is 0 Å². The summed E-state index contributed by atoms with van der Waals surface area (Å²) in [5, 5.41) is 0. The molecule has 0 amide bonds. The number of hydrogen-bond acceptors (Lipinski definition) is 2. The maximum atomic E-state index is 9.84. The first-order valence-corrected chi connectivity index (χ1v) is 5.47. The van der Waals surface area contributed by atoms with E-state index < -0.39 is 17.5 Å². The molecule has 0 saturated carbocycles. The van der Waals surface area contributed by atoms with Crippen molar-refractivity contribution in [2.75, 3.05) is 0 Å².